The molecule has 0 radical (unpaired) electrons. The number of nitrogens with one attached hydrogen (secondary N) is 3. The minimum absolute atomic E-state index is 0.154. The number of amides is 3. The summed E-state index contributed by atoms with van der Waals surface area (Å²) in [5.41, 5.74) is 1.05. The molecule has 1 saturated heterocycles. The Balaban J connectivity index is 1.75. The van der Waals surface area contributed by atoms with Crippen LogP contribution in [0.25, 0.3) is 0 Å². The van der Waals surface area contributed by atoms with Crippen molar-refractivity contribution in [1.29, 1.82) is 0 Å². The third-order valence-electron chi connectivity index (χ3n) is 2.80. The first kappa shape index (κ1) is 12.8. The molecule has 1 fully saturated rings. The predicted octanol–water partition coefficient (Wildman–Crippen LogP) is 0.100. The van der Waals surface area contributed by atoms with Gasteiger partial charge in [0.05, 0.1) is 10.7 Å². The van der Waals surface area contributed by atoms with E-state index in [2.05, 4.69) is 20.9 Å². The van der Waals surface area contributed by atoms with Crippen molar-refractivity contribution in [3.05, 3.63) is 15.6 Å². The molecular formula is C11H16N4O2S. The highest BCUT2D eigenvalue weighted by atomic mass is 32.1. The molecule has 7 heteroatoms. The summed E-state index contributed by atoms with van der Waals surface area (Å²) >= 11 is 1.65. The van der Waals surface area contributed by atoms with Gasteiger partial charge in [-0.2, -0.15) is 0 Å². The number of thiazole rings is 1. The first-order chi connectivity index (χ1) is 8.56. The lowest BCUT2D eigenvalue weighted by molar-refractivity contribution is -0.122. The number of aromatic nitrogens is 1. The molecule has 6 nitrogen and oxygen atoms in total. The molecule has 1 aromatic heterocycles. The van der Waals surface area contributed by atoms with Crippen LogP contribution < -0.4 is 16.0 Å². The Bertz CT molecular complexity index is 452. The number of nitrogens with zero attached hydrogens (tertiary/aromatic N) is 1. The summed E-state index contributed by atoms with van der Waals surface area (Å²) in [6, 6.07) is -0.751. The number of hydrogen-bond donors (Lipinski definition) is 3. The number of urea groups is 1. The molecule has 1 aliphatic rings. The van der Waals surface area contributed by atoms with Gasteiger partial charge in [-0.05, 0) is 13.8 Å². The maximum atomic E-state index is 11.7. The minimum Gasteiger partial charge on any atom is -0.354 e. The van der Waals surface area contributed by atoms with E-state index in [4.69, 9.17) is 0 Å². The summed E-state index contributed by atoms with van der Waals surface area (Å²) in [7, 11) is 0. The molecule has 0 aromatic carbocycles. The van der Waals surface area contributed by atoms with Crippen molar-refractivity contribution in [2.75, 3.05) is 13.1 Å². The molecular weight excluding hydrogens is 252 g/mol. The van der Waals surface area contributed by atoms with Gasteiger partial charge >= 0.3 is 6.03 Å². The highest BCUT2D eigenvalue weighted by Crippen LogP contribution is 2.16. The van der Waals surface area contributed by atoms with Crippen LogP contribution in [-0.2, 0) is 11.2 Å². The zero-order valence-electron chi connectivity index (χ0n) is 10.4. The quantitative estimate of drug-likeness (QED) is 0.724. The summed E-state index contributed by atoms with van der Waals surface area (Å²) in [4.78, 5) is 28.2. The van der Waals surface area contributed by atoms with Gasteiger partial charge in [0.15, 0.2) is 0 Å². The summed E-state index contributed by atoms with van der Waals surface area (Å²) in [6.45, 7) is 4.90. The lowest BCUT2D eigenvalue weighted by atomic mass is 10.3. The molecule has 98 valence electrons. The van der Waals surface area contributed by atoms with Crippen LogP contribution in [0.3, 0.4) is 0 Å². The normalized spacial score (nSPS) is 18.3. The summed E-state index contributed by atoms with van der Waals surface area (Å²) in [5.74, 6) is -0.154. The van der Waals surface area contributed by atoms with Crippen LogP contribution >= 0.6 is 11.3 Å². The van der Waals surface area contributed by atoms with Gasteiger partial charge in [0, 0.05) is 24.4 Å². The third-order valence-corrected chi connectivity index (χ3v) is 3.93. The molecule has 1 aliphatic heterocycles. The fourth-order valence-electron chi connectivity index (χ4n) is 1.68. The van der Waals surface area contributed by atoms with Gasteiger partial charge in [-0.3, -0.25) is 4.79 Å². The zero-order chi connectivity index (χ0) is 13.1. The SMILES string of the molecule is Cc1nc(CCNC(=O)C2CNC(=O)N2)sc1C. The Morgan fingerprint density at radius 1 is 1.56 bits per heavy atom. The fraction of sp³-hybridized carbons (Fsp3) is 0.545. The Labute approximate surface area is 109 Å². The van der Waals surface area contributed by atoms with E-state index in [0.717, 1.165) is 17.1 Å². The van der Waals surface area contributed by atoms with Gasteiger partial charge in [0.2, 0.25) is 5.91 Å². The predicted molar refractivity (Wildman–Crippen MR) is 68.6 cm³/mol. The number of aryl methyl sites for hydroxylation is 2. The topological polar surface area (TPSA) is 83.1 Å². The summed E-state index contributed by atoms with van der Waals surface area (Å²) in [6.07, 6.45) is 0.721. The minimum atomic E-state index is -0.461. The standard InChI is InChI=1S/C11H16N4O2S/c1-6-7(2)18-9(14-6)3-4-12-10(16)8-5-13-11(17)15-8/h8H,3-5H2,1-2H3,(H,12,16)(H2,13,15,17). The fourth-order valence-corrected chi connectivity index (χ4v) is 2.61. The molecule has 2 heterocycles. The molecule has 0 bridgehead atoms. The van der Waals surface area contributed by atoms with E-state index in [1.54, 1.807) is 11.3 Å². The molecule has 3 amide bonds. The molecule has 1 atom stereocenters. The lowest BCUT2D eigenvalue weighted by Crippen LogP contribution is -2.43. The van der Waals surface area contributed by atoms with Crippen LogP contribution in [0.1, 0.15) is 15.6 Å². The maximum Gasteiger partial charge on any atom is 0.315 e. The second kappa shape index (κ2) is 5.34. The number of hydrogen-bond acceptors (Lipinski definition) is 4. The van der Waals surface area contributed by atoms with Crippen LogP contribution in [0.4, 0.5) is 4.79 Å². The maximum absolute atomic E-state index is 11.7. The van der Waals surface area contributed by atoms with Gasteiger partial charge in [0.1, 0.15) is 6.04 Å². The molecule has 0 aliphatic carbocycles. The van der Waals surface area contributed by atoms with Crippen LogP contribution in [0, 0.1) is 13.8 Å². The average molecular weight is 268 g/mol. The third kappa shape index (κ3) is 2.98. The van der Waals surface area contributed by atoms with E-state index in [0.29, 0.717) is 13.1 Å². The van der Waals surface area contributed by atoms with E-state index in [1.807, 2.05) is 13.8 Å². The number of carbonyl (C=O) groups is 2. The Hall–Kier alpha value is -1.63. The number of carbonyl (C=O) groups excluding carboxylic acids is 2. The zero-order valence-corrected chi connectivity index (χ0v) is 11.2. The Morgan fingerprint density at radius 3 is 2.89 bits per heavy atom. The van der Waals surface area contributed by atoms with Crippen molar-refractivity contribution in [2.45, 2.75) is 26.3 Å². The van der Waals surface area contributed by atoms with Gasteiger partial charge in [-0.25, -0.2) is 9.78 Å². The average Bonchev–Trinajstić information content (AvgIpc) is 2.87. The van der Waals surface area contributed by atoms with Crippen LogP contribution in [0.15, 0.2) is 0 Å². The van der Waals surface area contributed by atoms with Crippen molar-refractivity contribution in [3.63, 3.8) is 0 Å². The summed E-state index contributed by atoms with van der Waals surface area (Å²) in [5, 5.41) is 8.91. The van der Waals surface area contributed by atoms with E-state index >= 15 is 0 Å². The van der Waals surface area contributed by atoms with Crippen molar-refractivity contribution in [2.24, 2.45) is 0 Å². The van der Waals surface area contributed by atoms with Crippen molar-refractivity contribution >= 4 is 23.3 Å². The molecule has 18 heavy (non-hydrogen) atoms. The van der Waals surface area contributed by atoms with Gasteiger partial charge in [-0.15, -0.1) is 11.3 Å². The first-order valence-corrected chi connectivity index (χ1v) is 6.63. The Kier molecular flexibility index (Phi) is 3.81. The molecule has 0 spiro atoms. The van der Waals surface area contributed by atoms with Gasteiger partial charge in [0.25, 0.3) is 0 Å². The van der Waals surface area contributed by atoms with Crippen LogP contribution in [-0.4, -0.2) is 36.1 Å². The second-order valence-corrected chi connectivity index (χ2v) is 5.48. The first-order valence-electron chi connectivity index (χ1n) is 5.81. The Morgan fingerprint density at radius 2 is 2.33 bits per heavy atom. The van der Waals surface area contributed by atoms with E-state index in [9.17, 15) is 9.59 Å². The van der Waals surface area contributed by atoms with Crippen molar-refractivity contribution < 1.29 is 9.59 Å². The van der Waals surface area contributed by atoms with Gasteiger partial charge in [-0.1, -0.05) is 0 Å². The lowest BCUT2D eigenvalue weighted by Gasteiger charge is -2.08. The van der Waals surface area contributed by atoms with E-state index in [1.165, 1.54) is 4.88 Å². The number of rotatable bonds is 4. The van der Waals surface area contributed by atoms with Crippen LogP contribution in [0.2, 0.25) is 0 Å². The highest BCUT2D eigenvalue weighted by Gasteiger charge is 2.26. The van der Waals surface area contributed by atoms with Crippen LogP contribution in [0.5, 0.6) is 0 Å². The van der Waals surface area contributed by atoms with E-state index in [-0.39, 0.29) is 11.9 Å². The monoisotopic (exact) mass is 268 g/mol. The smallest absolute Gasteiger partial charge is 0.315 e. The van der Waals surface area contributed by atoms with Crippen molar-refractivity contribution in [3.8, 4) is 0 Å². The summed E-state index contributed by atoms with van der Waals surface area (Å²) < 4.78 is 0. The molecule has 1 unspecified atom stereocenters. The highest BCUT2D eigenvalue weighted by molar-refractivity contribution is 7.11. The van der Waals surface area contributed by atoms with E-state index < -0.39 is 6.04 Å². The molecule has 3 N–H and O–H groups in total. The molecule has 1 aromatic rings. The molecule has 2 rings (SSSR count). The second-order valence-electron chi connectivity index (χ2n) is 4.20. The van der Waals surface area contributed by atoms with Gasteiger partial charge < -0.3 is 16.0 Å². The largest absolute Gasteiger partial charge is 0.354 e. The molecule has 0 saturated carbocycles. The van der Waals surface area contributed by atoms with Crippen molar-refractivity contribution in [1.82, 2.24) is 20.9 Å².